The second kappa shape index (κ2) is 6.09. The summed E-state index contributed by atoms with van der Waals surface area (Å²) >= 11 is 0. The fourth-order valence-electron chi connectivity index (χ4n) is 2.72. The van der Waals surface area contributed by atoms with Gasteiger partial charge in [0.25, 0.3) is 0 Å². The number of hydrogen-bond acceptors (Lipinski definition) is 2. The summed E-state index contributed by atoms with van der Waals surface area (Å²) < 4.78 is 5.68. The van der Waals surface area contributed by atoms with E-state index in [9.17, 15) is 9.90 Å². The molecule has 19 heavy (non-hydrogen) atoms. The molecule has 1 heterocycles. The quantitative estimate of drug-likeness (QED) is 0.796. The van der Waals surface area contributed by atoms with E-state index in [2.05, 4.69) is 6.92 Å². The lowest BCUT2D eigenvalue weighted by atomic mass is 9.76. The van der Waals surface area contributed by atoms with Crippen LogP contribution in [0.5, 0.6) is 5.75 Å². The van der Waals surface area contributed by atoms with Crippen molar-refractivity contribution in [3.8, 4) is 5.75 Å². The van der Waals surface area contributed by atoms with Crippen LogP contribution in [-0.2, 0) is 11.2 Å². The van der Waals surface area contributed by atoms with Gasteiger partial charge in [-0.3, -0.25) is 4.79 Å². The number of carbonyl (C=O) groups is 1. The number of aliphatic carboxylic acids is 1. The van der Waals surface area contributed by atoms with Gasteiger partial charge in [-0.05, 0) is 24.5 Å². The van der Waals surface area contributed by atoms with E-state index in [0.29, 0.717) is 19.4 Å². The first kappa shape index (κ1) is 13.9. The molecule has 1 aliphatic rings. The van der Waals surface area contributed by atoms with Gasteiger partial charge in [0, 0.05) is 0 Å². The number of hydrogen-bond donors (Lipinski definition) is 1. The van der Waals surface area contributed by atoms with Crippen molar-refractivity contribution in [1.29, 1.82) is 0 Å². The van der Waals surface area contributed by atoms with Gasteiger partial charge in [0.05, 0.1) is 0 Å². The summed E-state index contributed by atoms with van der Waals surface area (Å²) in [6.45, 7) is 2.46. The summed E-state index contributed by atoms with van der Waals surface area (Å²) in [6.07, 6.45) is 5.70. The first-order valence-corrected chi connectivity index (χ1v) is 7.12. The van der Waals surface area contributed by atoms with Crippen LogP contribution in [-0.4, -0.2) is 17.7 Å². The van der Waals surface area contributed by atoms with Gasteiger partial charge in [0.2, 0.25) is 0 Å². The molecule has 0 saturated carbocycles. The van der Waals surface area contributed by atoms with Crippen molar-refractivity contribution in [2.24, 2.45) is 5.41 Å². The highest BCUT2D eigenvalue weighted by atomic mass is 16.5. The first-order chi connectivity index (χ1) is 9.18. The predicted octanol–water partition coefficient (Wildman–Crippen LogP) is 3.66. The molecule has 104 valence electrons. The van der Waals surface area contributed by atoms with Crippen LogP contribution in [0.1, 0.15) is 44.6 Å². The maximum Gasteiger partial charge on any atom is 0.313 e. The Morgan fingerprint density at radius 2 is 2.11 bits per heavy atom. The summed E-state index contributed by atoms with van der Waals surface area (Å²) in [6, 6.07) is 7.75. The average molecular weight is 262 g/mol. The Bertz CT molecular complexity index is 441. The molecule has 2 rings (SSSR count). The Balaban J connectivity index is 2.08. The summed E-state index contributed by atoms with van der Waals surface area (Å²) in [4.78, 5) is 11.7. The normalized spacial score (nSPS) is 21.5. The zero-order valence-corrected chi connectivity index (χ0v) is 11.5. The second-order valence-corrected chi connectivity index (χ2v) is 5.47. The Morgan fingerprint density at radius 3 is 2.84 bits per heavy atom. The van der Waals surface area contributed by atoms with Gasteiger partial charge in [-0.2, -0.15) is 0 Å². The van der Waals surface area contributed by atoms with E-state index in [0.717, 1.165) is 24.2 Å². The molecule has 3 heteroatoms. The molecule has 1 aliphatic heterocycles. The number of para-hydroxylation sites is 1. The molecule has 0 radical (unpaired) electrons. The minimum Gasteiger partial charge on any atom is -0.492 e. The van der Waals surface area contributed by atoms with Crippen molar-refractivity contribution in [2.45, 2.75) is 45.4 Å². The standard InChI is InChI=1S/C16H22O3/c1-2-3-4-7-10-16(15(17)18)11-13-8-5-6-9-14(13)19-12-16/h5-6,8-9H,2-4,7,10-12H2,1H3,(H,17,18). The van der Waals surface area contributed by atoms with Gasteiger partial charge in [-0.15, -0.1) is 0 Å². The summed E-state index contributed by atoms with van der Waals surface area (Å²) in [5, 5.41) is 9.59. The van der Waals surface area contributed by atoms with E-state index in [4.69, 9.17) is 4.74 Å². The molecule has 0 aromatic heterocycles. The smallest absolute Gasteiger partial charge is 0.313 e. The van der Waals surface area contributed by atoms with Crippen molar-refractivity contribution in [2.75, 3.05) is 6.61 Å². The number of unbranched alkanes of at least 4 members (excludes halogenated alkanes) is 3. The summed E-state index contributed by atoms with van der Waals surface area (Å²) in [5.41, 5.74) is 0.286. The van der Waals surface area contributed by atoms with Crippen LogP contribution in [0.15, 0.2) is 24.3 Å². The monoisotopic (exact) mass is 262 g/mol. The molecule has 0 aliphatic carbocycles. The lowest BCUT2D eigenvalue weighted by Gasteiger charge is -2.34. The lowest BCUT2D eigenvalue weighted by Crippen LogP contribution is -2.42. The van der Waals surface area contributed by atoms with Crippen LogP contribution in [0.25, 0.3) is 0 Å². The largest absolute Gasteiger partial charge is 0.492 e. The Kier molecular flexibility index (Phi) is 4.46. The van der Waals surface area contributed by atoms with E-state index >= 15 is 0 Å². The molecular weight excluding hydrogens is 240 g/mol. The maximum absolute atomic E-state index is 11.7. The average Bonchev–Trinajstić information content (AvgIpc) is 2.43. The van der Waals surface area contributed by atoms with Gasteiger partial charge in [-0.25, -0.2) is 0 Å². The number of carboxylic acid groups (broad SMARTS) is 1. The fourth-order valence-corrected chi connectivity index (χ4v) is 2.72. The van der Waals surface area contributed by atoms with Crippen LogP contribution >= 0.6 is 0 Å². The van der Waals surface area contributed by atoms with E-state index in [1.54, 1.807) is 0 Å². The van der Waals surface area contributed by atoms with E-state index in [1.807, 2.05) is 24.3 Å². The second-order valence-electron chi connectivity index (χ2n) is 5.47. The summed E-state index contributed by atoms with van der Waals surface area (Å²) in [7, 11) is 0. The Labute approximate surface area is 114 Å². The first-order valence-electron chi connectivity index (χ1n) is 7.12. The molecule has 1 unspecified atom stereocenters. The van der Waals surface area contributed by atoms with Crippen molar-refractivity contribution >= 4 is 5.97 Å². The van der Waals surface area contributed by atoms with Gasteiger partial charge < -0.3 is 9.84 Å². The third kappa shape index (κ3) is 3.09. The van der Waals surface area contributed by atoms with E-state index in [-0.39, 0.29) is 0 Å². The highest BCUT2D eigenvalue weighted by molar-refractivity contribution is 5.76. The lowest BCUT2D eigenvalue weighted by molar-refractivity contribution is -0.152. The van der Waals surface area contributed by atoms with Crippen molar-refractivity contribution in [3.63, 3.8) is 0 Å². The van der Waals surface area contributed by atoms with E-state index < -0.39 is 11.4 Å². The number of rotatable bonds is 6. The summed E-state index contributed by atoms with van der Waals surface area (Å²) in [5.74, 6) is 0.117. The van der Waals surface area contributed by atoms with Gasteiger partial charge in [0.15, 0.2) is 0 Å². The van der Waals surface area contributed by atoms with Crippen LogP contribution in [0.4, 0.5) is 0 Å². The van der Waals surface area contributed by atoms with Crippen LogP contribution in [0, 0.1) is 5.41 Å². The molecule has 1 N–H and O–H groups in total. The van der Waals surface area contributed by atoms with Crippen molar-refractivity contribution < 1.29 is 14.6 Å². The van der Waals surface area contributed by atoms with Crippen LogP contribution in [0.2, 0.25) is 0 Å². The van der Waals surface area contributed by atoms with Crippen molar-refractivity contribution in [1.82, 2.24) is 0 Å². The predicted molar refractivity (Wildman–Crippen MR) is 74.5 cm³/mol. The SMILES string of the molecule is CCCCCCC1(C(=O)O)COc2ccccc2C1. The highest BCUT2D eigenvalue weighted by Gasteiger charge is 2.42. The molecule has 0 amide bonds. The van der Waals surface area contributed by atoms with Gasteiger partial charge in [0.1, 0.15) is 17.8 Å². The fraction of sp³-hybridized carbons (Fsp3) is 0.562. The van der Waals surface area contributed by atoms with E-state index in [1.165, 1.54) is 12.8 Å². The number of fused-ring (bicyclic) bond motifs is 1. The Morgan fingerprint density at radius 1 is 1.32 bits per heavy atom. The third-order valence-electron chi connectivity index (χ3n) is 3.97. The number of benzene rings is 1. The third-order valence-corrected chi connectivity index (χ3v) is 3.97. The molecule has 0 saturated heterocycles. The molecule has 1 atom stereocenters. The molecule has 0 spiro atoms. The molecule has 0 bridgehead atoms. The Hall–Kier alpha value is -1.51. The molecule has 0 fully saturated rings. The minimum absolute atomic E-state index is 0.297. The minimum atomic E-state index is -0.734. The molecule has 1 aromatic rings. The van der Waals surface area contributed by atoms with Gasteiger partial charge in [-0.1, -0.05) is 50.8 Å². The number of ether oxygens (including phenoxy) is 1. The molecule has 3 nitrogen and oxygen atoms in total. The maximum atomic E-state index is 11.7. The number of carboxylic acids is 1. The zero-order valence-electron chi connectivity index (χ0n) is 11.5. The highest BCUT2D eigenvalue weighted by Crippen LogP contribution is 2.38. The van der Waals surface area contributed by atoms with Crippen LogP contribution in [0.3, 0.4) is 0 Å². The topological polar surface area (TPSA) is 46.5 Å². The van der Waals surface area contributed by atoms with Crippen molar-refractivity contribution in [3.05, 3.63) is 29.8 Å². The zero-order chi connectivity index (χ0) is 13.7. The molecule has 1 aromatic carbocycles. The van der Waals surface area contributed by atoms with Gasteiger partial charge >= 0.3 is 5.97 Å². The molecular formula is C16H22O3. The van der Waals surface area contributed by atoms with Crippen LogP contribution < -0.4 is 4.74 Å².